The summed E-state index contributed by atoms with van der Waals surface area (Å²) in [5.74, 6) is -1.47. The molecule has 1 heterocycles. The van der Waals surface area contributed by atoms with Gasteiger partial charge in [-0.3, -0.25) is 9.78 Å². The normalized spacial score (nSPS) is 10.2. The molecule has 0 saturated heterocycles. The monoisotopic (exact) mass is 285 g/mol. The number of nitrogens with two attached hydrogens (primary N) is 1. The first-order chi connectivity index (χ1) is 9.90. The number of hydrogen-bond donors (Lipinski definition) is 2. The Labute approximate surface area is 121 Å². The predicted molar refractivity (Wildman–Crippen MR) is 79.5 cm³/mol. The van der Waals surface area contributed by atoms with Crippen molar-refractivity contribution in [2.24, 2.45) is 0 Å². The van der Waals surface area contributed by atoms with Gasteiger partial charge in [0.15, 0.2) is 0 Å². The lowest BCUT2D eigenvalue weighted by molar-refractivity contribution is 0.0698. The lowest BCUT2D eigenvalue weighted by Gasteiger charge is -2.19. The van der Waals surface area contributed by atoms with E-state index in [1.807, 2.05) is 6.92 Å². The minimum absolute atomic E-state index is 0.0218. The number of rotatable bonds is 3. The Kier molecular flexibility index (Phi) is 3.89. The second kappa shape index (κ2) is 5.62. The summed E-state index contributed by atoms with van der Waals surface area (Å²) < 4.78 is 0. The van der Waals surface area contributed by atoms with Gasteiger partial charge in [-0.2, -0.15) is 0 Å². The maximum Gasteiger partial charge on any atom is 0.337 e. The van der Waals surface area contributed by atoms with Crippen LogP contribution < -0.4 is 10.6 Å². The van der Waals surface area contributed by atoms with Gasteiger partial charge < -0.3 is 15.7 Å². The van der Waals surface area contributed by atoms with Gasteiger partial charge in [0.05, 0.1) is 16.8 Å². The Balaban J connectivity index is 2.42. The lowest BCUT2D eigenvalue weighted by Crippen LogP contribution is -2.28. The summed E-state index contributed by atoms with van der Waals surface area (Å²) in [6.07, 6.45) is 3.09. The van der Waals surface area contributed by atoms with Crippen LogP contribution in [0.4, 0.5) is 11.4 Å². The molecule has 0 radical (unpaired) electrons. The van der Waals surface area contributed by atoms with Crippen molar-refractivity contribution in [3.05, 3.63) is 53.3 Å². The van der Waals surface area contributed by atoms with Crippen molar-refractivity contribution in [1.29, 1.82) is 0 Å². The highest BCUT2D eigenvalue weighted by atomic mass is 16.4. The molecule has 0 spiro atoms. The SMILES string of the molecule is Cc1cncc(C(=O)N(C)c2ccc(N)cc2C(=O)O)c1. The van der Waals surface area contributed by atoms with E-state index in [2.05, 4.69) is 4.98 Å². The average molecular weight is 285 g/mol. The number of aryl methyl sites for hydroxylation is 1. The Morgan fingerprint density at radius 3 is 2.57 bits per heavy atom. The number of carbonyl (C=O) groups excluding carboxylic acids is 1. The third-order valence-corrected chi connectivity index (χ3v) is 3.04. The third kappa shape index (κ3) is 3.00. The van der Waals surface area contributed by atoms with E-state index in [-0.39, 0.29) is 17.2 Å². The largest absolute Gasteiger partial charge is 0.478 e. The zero-order valence-corrected chi connectivity index (χ0v) is 11.7. The number of nitrogen functional groups attached to an aromatic ring is 1. The number of benzene rings is 1. The molecule has 108 valence electrons. The number of pyridine rings is 1. The van der Waals surface area contributed by atoms with E-state index in [1.165, 1.54) is 30.3 Å². The van der Waals surface area contributed by atoms with E-state index in [1.54, 1.807) is 18.3 Å². The van der Waals surface area contributed by atoms with Crippen molar-refractivity contribution in [3.8, 4) is 0 Å². The minimum Gasteiger partial charge on any atom is -0.478 e. The van der Waals surface area contributed by atoms with Crippen LogP contribution in [0.15, 0.2) is 36.7 Å². The molecule has 0 saturated carbocycles. The molecule has 0 bridgehead atoms. The molecule has 21 heavy (non-hydrogen) atoms. The van der Waals surface area contributed by atoms with Crippen molar-refractivity contribution in [2.75, 3.05) is 17.7 Å². The number of carboxylic acids is 1. The van der Waals surface area contributed by atoms with Gasteiger partial charge in [-0.25, -0.2) is 4.79 Å². The van der Waals surface area contributed by atoms with E-state index in [0.29, 0.717) is 11.3 Å². The number of carboxylic acid groups (broad SMARTS) is 1. The van der Waals surface area contributed by atoms with Crippen LogP contribution in [-0.2, 0) is 0 Å². The first-order valence-electron chi connectivity index (χ1n) is 6.22. The molecule has 0 aliphatic heterocycles. The molecule has 1 aromatic carbocycles. The van der Waals surface area contributed by atoms with Crippen molar-refractivity contribution in [1.82, 2.24) is 4.98 Å². The van der Waals surface area contributed by atoms with Crippen molar-refractivity contribution in [2.45, 2.75) is 6.92 Å². The number of carbonyl (C=O) groups is 2. The molecule has 0 atom stereocenters. The maximum absolute atomic E-state index is 12.4. The molecule has 6 nitrogen and oxygen atoms in total. The number of nitrogens with zero attached hydrogens (tertiary/aromatic N) is 2. The summed E-state index contributed by atoms with van der Waals surface area (Å²) in [5, 5.41) is 9.23. The van der Waals surface area contributed by atoms with Crippen molar-refractivity contribution in [3.63, 3.8) is 0 Å². The second-order valence-electron chi connectivity index (χ2n) is 4.70. The van der Waals surface area contributed by atoms with E-state index >= 15 is 0 Å². The molecule has 1 amide bonds. The lowest BCUT2D eigenvalue weighted by atomic mass is 10.1. The predicted octanol–water partition coefficient (Wildman–Crippen LogP) is 1.95. The highest BCUT2D eigenvalue weighted by Gasteiger charge is 2.20. The molecule has 0 fully saturated rings. The fraction of sp³-hybridized carbons (Fsp3) is 0.133. The van der Waals surface area contributed by atoms with E-state index in [4.69, 9.17) is 5.73 Å². The van der Waals surface area contributed by atoms with Gasteiger partial charge in [-0.05, 0) is 36.8 Å². The zero-order valence-electron chi connectivity index (χ0n) is 11.7. The summed E-state index contributed by atoms with van der Waals surface area (Å²) in [6.45, 7) is 1.83. The summed E-state index contributed by atoms with van der Waals surface area (Å²) in [7, 11) is 1.52. The number of hydrogen-bond acceptors (Lipinski definition) is 4. The first kappa shape index (κ1) is 14.5. The Morgan fingerprint density at radius 1 is 1.24 bits per heavy atom. The molecular formula is C15H15N3O3. The van der Waals surface area contributed by atoms with Gasteiger partial charge in [0.2, 0.25) is 0 Å². The van der Waals surface area contributed by atoms with Gasteiger partial charge in [0.25, 0.3) is 5.91 Å². The van der Waals surface area contributed by atoms with Crippen LogP contribution in [0, 0.1) is 6.92 Å². The first-order valence-corrected chi connectivity index (χ1v) is 6.22. The standard InChI is InChI=1S/C15H15N3O3/c1-9-5-10(8-17-7-9)14(19)18(2)13-4-3-11(16)6-12(13)15(20)21/h3-8H,16H2,1-2H3,(H,20,21). The van der Waals surface area contributed by atoms with Gasteiger partial charge in [0, 0.05) is 25.1 Å². The summed E-state index contributed by atoms with van der Waals surface area (Å²) in [5.41, 5.74) is 7.43. The fourth-order valence-electron chi connectivity index (χ4n) is 1.99. The van der Waals surface area contributed by atoms with Gasteiger partial charge in [0.1, 0.15) is 0 Å². The maximum atomic E-state index is 12.4. The van der Waals surface area contributed by atoms with E-state index < -0.39 is 5.97 Å². The number of anilines is 2. The molecule has 2 rings (SSSR count). The van der Waals surface area contributed by atoms with Crippen molar-refractivity contribution < 1.29 is 14.7 Å². The van der Waals surface area contributed by atoms with Crippen LogP contribution in [0.2, 0.25) is 0 Å². The molecular weight excluding hydrogens is 270 g/mol. The van der Waals surface area contributed by atoms with Crippen LogP contribution in [0.25, 0.3) is 0 Å². The summed E-state index contributed by atoms with van der Waals surface area (Å²) in [6, 6.07) is 6.10. The van der Waals surface area contributed by atoms with Crippen LogP contribution >= 0.6 is 0 Å². The number of aromatic carboxylic acids is 1. The Bertz CT molecular complexity index is 713. The average Bonchev–Trinajstić information content (AvgIpc) is 2.45. The second-order valence-corrected chi connectivity index (χ2v) is 4.70. The Hall–Kier alpha value is -2.89. The zero-order chi connectivity index (χ0) is 15.6. The molecule has 0 unspecified atom stereocenters. The quantitative estimate of drug-likeness (QED) is 0.840. The number of amides is 1. The molecule has 2 aromatic rings. The van der Waals surface area contributed by atoms with Gasteiger partial charge in [-0.1, -0.05) is 0 Å². The van der Waals surface area contributed by atoms with Crippen molar-refractivity contribution >= 4 is 23.3 Å². The molecule has 0 aliphatic carbocycles. The molecule has 6 heteroatoms. The van der Waals surface area contributed by atoms with Crippen LogP contribution in [0.5, 0.6) is 0 Å². The van der Waals surface area contributed by atoms with Crippen LogP contribution in [0.3, 0.4) is 0 Å². The minimum atomic E-state index is -1.14. The molecule has 0 aliphatic rings. The van der Waals surface area contributed by atoms with Crippen LogP contribution in [-0.4, -0.2) is 29.0 Å². The van der Waals surface area contributed by atoms with E-state index in [0.717, 1.165) is 5.56 Å². The highest BCUT2D eigenvalue weighted by Crippen LogP contribution is 2.23. The summed E-state index contributed by atoms with van der Waals surface area (Å²) >= 11 is 0. The van der Waals surface area contributed by atoms with Crippen LogP contribution in [0.1, 0.15) is 26.3 Å². The van der Waals surface area contributed by atoms with Gasteiger partial charge in [-0.15, -0.1) is 0 Å². The highest BCUT2D eigenvalue weighted by molar-refractivity contribution is 6.09. The summed E-state index contributed by atoms with van der Waals surface area (Å²) in [4.78, 5) is 29.0. The third-order valence-electron chi connectivity index (χ3n) is 3.04. The smallest absolute Gasteiger partial charge is 0.337 e. The topological polar surface area (TPSA) is 96.5 Å². The number of aromatic nitrogens is 1. The molecule has 1 aromatic heterocycles. The van der Waals surface area contributed by atoms with E-state index in [9.17, 15) is 14.7 Å². The fourth-order valence-corrected chi connectivity index (χ4v) is 1.99. The Morgan fingerprint density at radius 2 is 1.95 bits per heavy atom. The van der Waals surface area contributed by atoms with Gasteiger partial charge >= 0.3 is 5.97 Å². The molecule has 3 N–H and O–H groups in total.